The molecule has 1 aliphatic rings. The number of thiocarbonyl (C=S) groups is 1. The number of nitrogens with zero attached hydrogens (tertiary/aromatic N) is 2. The summed E-state index contributed by atoms with van der Waals surface area (Å²) in [7, 11) is 0. The number of benzene rings is 2. The van der Waals surface area contributed by atoms with Crippen molar-refractivity contribution in [3.05, 3.63) is 63.1 Å². The summed E-state index contributed by atoms with van der Waals surface area (Å²) in [6.45, 7) is 2.16. The first-order valence-corrected chi connectivity index (χ1v) is 9.15. The minimum absolute atomic E-state index is 0.221. The zero-order chi connectivity index (χ0) is 17.8. The van der Waals surface area contributed by atoms with Crippen LogP contribution in [0.1, 0.15) is 29.5 Å². The molecule has 0 amide bonds. The van der Waals surface area contributed by atoms with Crippen LogP contribution in [0.2, 0.25) is 10.0 Å². The normalized spacial score (nSPS) is 13.6. The average molecular weight is 391 g/mol. The molecule has 2 aromatic rings. The fourth-order valence-corrected chi connectivity index (χ4v) is 3.73. The van der Waals surface area contributed by atoms with Gasteiger partial charge in [-0.3, -0.25) is 0 Å². The summed E-state index contributed by atoms with van der Waals surface area (Å²) in [5, 5.41) is 9.98. The maximum absolute atomic E-state index is 9.15. The van der Waals surface area contributed by atoms with E-state index in [1.807, 2.05) is 18.2 Å². The minimum atomic E-state index is 0.221. The van der Waals surface area contributed by atoms with Crippen molar-refractivity contribution >= 4 is 40.4 Å². The van der Waals surface area contributed by atoms with E-state index in [0.717, 1.165) is 42.0 Å². The number of ether oxygens (including phenoxy) is 1. The Morgan fingerprint density at radius 1 is 1.16 bits per heavy atom. The molecule has 0 spiro atoms. The Bertz CT molecular complexity index is 819. The molecule has 0 aliphatic carbocycles. The van der Waals surface area contributed by atoms with Gasteiger partial charge in [-0.15, -0.1) is 0 Å². The van der Waals surface area contributed by atoms with Gasteiger partial charge in [0, 0.05) is 24.2 Å². The number of likely N-dealkylation sites (tertiary alicyclic amines) is 1. The largest absolute Gasteiger partial charge is 0.486 e. The van der Waals surface area contributed by atoms with Crippen molar-refractivity contribution < 1.29 is 4.74 Å². The van der Waals surface area contributed by atoms with Gasteiger partial charge in [0.25, 0.3) is 0 Å². The van der Waals surface area contributed by atoms with Crippen LogP contribution in [-0.4, -0.2) is 23.0 Å². The van der Waals surface area contributed by atoms with Crippen molar-refractivity contribution in [2.24, 2.45) is 0 Å². The molecule has 1 saturated heterocycles. The van der Waals surface area contributed by atoms with Crippen LogP contribution in [0.15, 0.2) is 36.4 Å². The second-order valence-corrected chi connectivity index (χ2v) is 7.03. The maximum atomic E-state index is 9.15. The van der Waals surface area contributed by atoms with Crippen LogP contribution in [0, 0.1) is 11.3 Å². The van der Waals surface area contributed by atoms with Gasteiger partial charge in [0.1, 0.15) is 11.6 Å². The van der Waals surface area contributed by atoms with Gasteiger partial charge in [0.05, 0.1) is 21.7 Å². The summed E-state index contributed by atoms with van der Waals surface area (Å²) in [6, 6.07) is 13.0. The second kappa shape index (κ2) is 8.05. The molecule has 6 heteroatoms. The van der Waals surface area contributed by atoms with Crippen molar-refractivity contribution in [3.8, 4) is 11.8 Å². The molecule has 0 atom stereocenters. The van der Waals surface area contributed by atoms with Gasteiger partial charge in [-0.25, -0.2) is 0 Å². The highest BCUT2D eigenvalue weighted by atomic mass is 35.5. The maximum Gasteiger partial charge on any atom is 0.157 e. The van der Waals surface area contributed by atoms with Crippen molar-refractivity contribution in [2.75, 3.05) is 13.1 Å². The van der Waals surface area contributed by atoms with Crippen molar-refractivity contribution in [1.82, 2.24) is 4.90 Å². The molecular formula is C19H16Cl2N2OS. The van der Waals surface area contributed by atoms with Gasteiger partial charge in [0.2, 0.25) is 0 Å². The van der Waals surface area contributed by atoms with Crippen LogP contribution in [0.3, 0.4) is 0 Å². The summed E-state index contributed by atoms with van der Waals surface area (Å²) in [5.41, 5.74) is 2.19. The molecule has 1 fully saturated rings. The smallest absolute Gasteiger partial charge is 0.157 e. The number of hydrogen-bond acceptors (Lipinski definition) is 3. The van der Waals surface area contributed by atoms with Crippen LogP contribution in [0.5, 0.6) is 5.75 Å². The zero-order valence-corrected chi connectivity index (χ0v) is 15.8. The van der Waals surface area contributed by atoms with E-state index in [2.05, 4.69) is 11.0 Å². The minimum Gasteiger partial charge on any atom is -0.486 e. The fraction of sp³-hybridized carbons (Fsp3) is 0.263. The second-order valence-electron chi connectivity index (χ2n) is 5.83. The van der Waals surface area contributed by atoms with Crippen LogP contribution in [0.4, 0.5) is 0 Å². The third kappa shape index (κ3) is 4.07. The molecule has 1 aliphatic heterocycles. The SMILES string of the molecule is N#Cc1ccccc1COc1c(Cl)cc(C(=S)N2CCCC2)cc1Cl. The molecule has 0 bridgehead atoms. The first-order chi connectivity index (χ1) is 12.1. The van der Waals surface area contributed by atoms with Gasteiger partial charge in [-0.05, 0) is 31.0 Å². The van der Waals surface area contributed by atoms with Crippen LogP contribution in [0.25, 0.3) is 0 Å². The van der Waals surface area contributed by atoms with Gasteiger partial charge in [-0.1, -0.05) is 53.6 Å². The molecule has 3 nitrogen and oxygen atoms in total. The van der Waals surface area contributed by atoms with E-state index in [4.69, 9.17) is 45.4 Å². The van der Waals surface area contributed by atoms with E-state index in [1.165, 1.54) is 0 Å². The van der Waals surface area contributed by atoms with Gasteiger partial charge >= 0.3 is 0 Å². The van der Waals surface area contributed by atoms with Gasteiger partial charge in [0.15, 0.2) is 5.75 Å². The lowest BCUT2D eigenvalue weighted by molar-refractivity contribution is 0.306. The predicted octanol–water partition coefficient (Wildman–Crippen LogP) is 5.22. The van der Waals surface area contributed by atoms with Gasteiger partial charge in [-0.2, -0.15) is 5.26 Å². The third-order valence-corrected chi connectivity index (χ3v) is 5.20. The van der Waals surface area contributed by atoms with E-state index in [0.29, 0.717) is 21.4 Å². The molecule has 0 saturated carbocycles. The molecular weight excluding hydrogens is 375 g/mol. The zero-order valence-electron chi connectivity index (χ0n) is 13.5. The molecule has 128 valence electrons. The summed E-state index contributed by atoms with van der Waals surface area (Å²) in [4.78, 5) is 2.93. The van der Waals surface area contributed by atoms with Crippen LogP contribution in [-0.2, 0) is 6.61 Å². The van der Waals surface area contributed by atoms with Crippen molar-refractivity contribution in [1.29, 1.82) is 5.26 Å². The van der Waals surface area contributed by atoms with Crippen LogP contribution < -0.4 is 4.74 Å². The highest BCUT2D eigenvalue weighted by Gasteiger charge is 2.19. The first-order valence-electron chi connectivity index (χ1n) is 7.99. The molecule has 25 heavy (non-hydrogen) atoms. The summed E-state index contributed by atoms with van der Waals surface area (Å²) in [6.07, 6.45) is 2.31. The number of hydrogen-bond donors (Lipinski definition) is 0. The Morgan fingerprint density at radius 3 is 2.44 bits per heavy atom. The van der Waals surface area contributed by atoms with E-state index in [-0.39, 0.29) is 6.61 Å². The first kappa shape index (κ1) is 18.0. The van der Waals surface area contributed by atoms with Gasteiger partial charge < -0.3 is 9.64 Å². The molecule has 0 aromatic heterocycles. The number of halogens is 2. The summed E-state index contributed by atoms with van der Waals surface area (Å²) >= 11 is 18.3. The Labute approximate surface area is 162 Å². The highest BCUT2D eigenvalue weighted by Crippen LogP contribution is 2.35. The number of nitriles is 1. The Hall–Kier alpha value is -1.80. The molecule has 1 heterocycles. The average Bonchev–Trinajstić information content (AvgIpc) is 3.15. The van der Waals surface area contributed by atoms with Crippen LogP contribution >= 0.6 is 35.4 Å². The van der Waals surface area contributed by atoms with Crippen molar-refractivity contribution in [2.45, 2.75) is 19.4 Å². The van der Waals surface area contributed by atoms with E-state index in [9.17, 15) is 0 Å². The standard InChI is InChI=1S/C19H16Cl2N2OS/c20-16-9-15(19(25)23-7-3-4-8-23)10-17(21)18(16)24-12-14-6-2-1-5-13(14)11-22/h1-2,5-6,9-10H,3-4,7-8,12H2. The molecule has 0 radical (unpaired) electrons. The van der Waals surface area contributed by atoms with E-state index < -0.39 is 0 Å². The Morgan fingerprint density at radius 2 is 1.80 bits per heavy atom. The molecule has 0 unspecified atom stereocenters. The monoisotopic (exact) mass is 390 g/mol. The third-order valence-electron chi connectivity index (χ3n) is 4.15. The lowest BCUT2D eigenvalue weighted by Crippen LogP contribution is -2.26. The summed E-state index contributed by atoms with van der Waals surface area (Å²) < 4.78 is 5.78. The predicted molar refractivity (Wildman–Crippen MR) is 104 cm³/mol. The van der Waals surface area contributed by atoms with Crippen molar-refractivity contribution in [3.63, 3.8) is 0 Å². The Balaban J connectivity index is 1.78. The highest BCUT2D eigenvalue weighted by molar-refractivity contribution is 7.80. The lowest BCUT2D eigenvalue weighted by Gasteiger charge is -2.20. The fourth-order valence-electron chi connectivity index (χ4n) is 2.83. The molecule has 0 N–H and O–H groups in total. The van der Waals surface area contributed by atoms with E-state index >= 15 is 0 Å². The van der Waals surface area contributed by atoms with E-state index in [1.54, 1.807) is 18.2 Å². The topological polar surface area (TPSA) is 36.3 Å². The quantitative estimate of drug-likeness (QED) is 0.670. The lowest BCUT2D eigenvalue weighted by atomic mass is 10.1. The molecule has 3 rings (SSSR count). The Kier molecular flexibility index (Phi) is 5.80. The molecule has 2 aromatic carbocycles. The summed E-state index contributed by atoms with van der Waals surface area (Å²) in [5.74, 6) is 0.407. The number of rotatable bonds is 4.